The van der Waals surface area contributed by atoms with E-state index in [1.165, 1.54) is 17.0 Å². The van der Waals surface area contributed by atoms with Gasteiger partial charge in [-0.25, -0.2) is 14.4 Å². The molecule has 9 nitrogen and oxygen atoms in total. The highest BCUT2D eigenvalue weighted by molar-refractivity contribution is 6.30. The molecule has 2 aliphatic heterocycles. The van der Waals surface area contributed by atoms with Gasteiger partial charge in [-0.05, 0) is 55.8 Å². The van der Waals surface area contributed by atoms with Crippen LogP contribution in [-0.2, 0) is 15.7 Å². The topological polar surface area (TPSA) is 94.2 Å². The molecule has 2 aromatic carbocycles. The van der Waals surface area contributed by atoms with Gasteiger partial charge in [-0.2, -0.15) is 13.2 Å². The van der Waals surface area contributed by atoms with Crippen LogP contribution in [0.4, 0.5) is 28.4 Å². The number of carbonyl (C=O) groups excluding carboxylic acids is 3. The second kappa shape index (κ2) is 12.8. The normalized spacial score (nSPS) is 18.3. The van der Waals surface area contributed by atoms with Gasteiger partial charge in [-0.1, -0.05) is 23.7 Å². The lowest BCUT2D eigenvalue weighted by atomic mass is 9.94. The van der Waals surface area contributed by atoms with E-state index in [0.717, 1.165) is 12.1 Å². The molecule has 220 valence electrons. The minimum Gasteiger partial charge on any atom is -0.463 e. The number of likely N-dealkylation sites (N-methyl/N-ethyl adjacent to an activating group) is 1. The summed E-state index contributed by atoms with van der Waals surface area (Å²) in [7, 11) is 0. The van der Waals surface area contributed by atoms with Crippen molar-refractivity contribution < 1.29 is 32.3 Å². The Morgan fingerprint density at radius 1 is 1.07 bits per heavy atom. The van der Waals surface area contributed by atoms with Gasteiger partial charge >= 0.3 is 24.2 Å². The Morgan fingerprint density at radius 3 is 2.34 bits per heavy atom. The van der Waals surface area contributed by atoms with Gasteiger partial charge in [0.1, 0.15) is 0 Å². The number of halogens is 4. The standard InChI is InChI=1S/C28H31ClF3N5O4/c1-3-37-22(23(25(38)41-4-2)24(34-27(37)40)18-6-5-7-20(29)16-18)17-35-12-14-36(15-13-35)26(39)33-21-10-8-19(9-11-21)28(30,31)32/h5-11,16,24H,3-4,12-15,17H2,1-2H3,(H,33,39)(H,34,40)/t24-/m0/s1. The van der Waals surface area contributed by atoms with Crippen LogP contribution in [0, 0.1) is 0 Å². The summed E-state index contributed by atoms with van der Waals surface area (Å²) in [5.41, 5.74) is 0.941. The van der Waals surface area contributed by atoms with E-state index in [9.17, 15) is 27.6 Å². The van der Waals surface area contributed by atoms with Crippen LogP contribution in [0.25, 0.3) is 0 Å². The van der Waals surface area contributed by atoms with Gasteiger partial charge in [-0.3, -0.25) is 9.80 Å². The van der Waals surface area contributed by atoms with Gasteiger partial charge in [0.15, 0.2) is 0 Å². The second-order valence-corrected chi connectivity index (χ2v) is 9.97. The van der Waals surface area contributed by atoms with Crippen molar-refractivity contribution in [3.05, 3.63) is 76.0 Å². The zero-order valence-corrected chi connectivity index (χ0v) is 23.4. The molecule has 0 aromatic heterocycles. The third-order valence-corrected chi connectivity index (χ3v) is 7.16. The van der Waals surface area contributed by atoms with Crippen molar-refractivity contribution in [3.63, 3.8) is 0 Å². The Kier molecular flexibility index (Phi) is 9.44. The monoisotopic (exact) mass is 593 g/mol. The highest BCUT2D eigenvalue weighted by Gasteiger charge is 2.39. The zero-order valence-electron chi connectivity index (χ0n) is 22.6. The van der Waals surface area contributed by atoms with E-state index in [4.69, 9.17) is 16.3 Å². The Balaban J connectivity index is 1.50. The lowest BCUT2D eigenvalue weighted by Gasteiger charge is -2.40. The van der Waals surface area contributed by atoms with Crippen LogP contribution in [0.2, 0.25) is 5.02 Å². The molecule has 2 aliphatic rings. The fourth-order valence-electron chi connectivity index (χ4n) is 4.86. The number of carbonyl (C=O) groups is 3. The summed E-state index contributed by atoms with van der Waals surface area (Å²) in [5, 5.41) is 6.00. The molecule has 0 spiro atoms. The molecule has 1 fully saturated rings. The first kappa shape index (κ1) is 30.2. The molecule has 1 atom stereocenters. The predicted molar refractivity (Wildman–Crippen MR) is 147 cm³/mol. The molecule has 2 heterocycles. The fourth-order valence-corrected chi connectivity index (χ4v) is 5.06. The lowest BCUT2D eigenvalue weighted by molar-refractivity contribution is -0.139. The molecular weight excluding hydrogens is 563 g/mol. The molecule has 2 aromatic rings. The number of amides is 4. The molecular formula is C28H31ClF3N5O4. The number of ether oxygens (including phenoxy) is 1. The molecule has 4 rings (SSSR count). The van der Waals surface area contributed by atoms with Gasteiger partial charge in [0.05, 0.1) is 23.8 Å². The van der Waals surface area contributed by atoms with E-state index in [-0.39, 0.29) is 24.9 Å². The van der Waals surface area contributed by atoms with E-state index in [0.29, 0.717) is 54.6 Å². The Morgan fingerprint density at radius 2 is 1.76 bits per heavy atom. The van der Waals surface area contributed by atoms with E-state index < -0.39 is 29.8 Å². The van der Waals surface area contributed by atoms with Crippen molar-refractivity contribution in [2.45, 2.75) is 26.1 Å². The second-order valence-electron chi connectivity index (χ2n) is 9.53. The molecule has 0 unspecified atom stereocenters. The number of piperazine rings is 1. The van der Waals surface area contributed by atoms with Crippen LogP contribution in [0.1, 0.15) is 31.0 Å². The molecule has 0 aliphatic carbocycles. The van der Waals surface area contributed by atoms with Crippen LogP contribution in [-0.4, -0.2) is 78.6 Å². The van der Waals surface area contributed by atoms with Crippen molar-refractivity contribution in [3.8, 4) is 0 Å². The van der Waals surface area contributed by atoms with Crippen molar-refractivity contribution in [2.24, 2.45) is 0 Å². The first-order valence-electron chi connectivity index (χ1n) is 13.2. The summed E-state index contributed by atoms with van der Waals surface area (Å²) in [6, 6.07) is 9.64. The number of esters is 1. The maximum absolute atomic E-state index is 13.2. The minimum absolute atomic E-state index is 0.157. The van der Waals surface area contributed by atoms with Gasteiger partial charge < -0.3 is 20.3 Å². The SMILES string of the molecule is CCOC(=O)C1=C(CN2CCN(C(=O)Nc3ccc(C(F)(F)F)cc3)CC2)N(CC)C(=O)N[C@H]1c1cccc(Cl)c1. The molecule has 0 saturated carbocycles. The van der Waals surface area contributed by atoms with Gasteiger partial charge in [0.2, 0.25) is 0 Å². The van der Waals surface area contributed by atoms with E-state index in [1.807, 2.05) is 11.8 Å². The molecule has 41 heavy (non-hydrogen) atoms. The van der Waals surface area contributed by atoms with Gasteiger partial charge in [-0.15, -0.1) is 0 Å². The Hall–Kier alpha value is -3.77. The predicted octanol–water partition coefficient (Wildman–Crippen LogP) is 5.11. The van der Waals surface area contributed by atoms with E-state index in [2.05, 4.69) is 10.6 Å². The van der Waals surface area contributed by atoms with E-state index in [1.54, 1.807) is 36.1 Å². The smallest absolute Gasteiger partial charge is 0.416 e. The molecule has 2 N–H and O–H groups in total. The Labute approximate surface area is 240 Å². The third kappa shape index (κ3) is 7.12. The number of benzene rings is 2. The number of anilines is 1. The first-order valence-corrected chi connectivity index (χ1v) is 13.6. The number of urea groups is 2. The van der Waals surface area contributed by atoms with Crippen molar-refractivity contribution in [1.82, 2.24) is 20.0 Å². The minimum atomic E-state index is -4.46. The molecule has 4 amide bonds. The van der Waals surface area contributed by atoms with Crippen LogP contribution < -0.4 is 10.6 Å². The van der Waals surface area contributed by atoms with Crippen LogP contribution in [0.15, 0.2) is 59.8 Å². The zero-order chi connectivity index (χ0) is 29.7. The highest BCUT2D eigenvalue weighted by Crippen LogP contribution is 2.33. The summed E-state index contributed by atoms with van der Waals surface area (Å²) in [4.78, 5) is 44.2. The summed E-state index contributed by atoms with van der Waals surface area (Å²) in [6.45, 7) is 5.83. The van der Waals surface area contributed by atoms with Crippen LogP contribution >= 0.6 is 11.6 Å². The number of alkyl halides is 3. The first-order chi connectivity index (χ1) is 19.5. The number of nitrogens with zero attached hydrogens (tertiary/aromatic N) is 3. The number of hydrogen-bond acceptors (Lipinski definition) is 5. The highest BCUT2D eigenvalue weighted by atomic mass is 35.5. The maximum atomic E-state index is 13.2. The van der Waals surface area contributed by atoms with Gasteiger partial charge in [0, 0.05) is 55.7 Å². The summed E-state index contributed by atoms with van der Waals surface area (Å²) >= 11 is 6.21. The van der Waals surface area contributed by atoms with Crippen LogP contribution in [0.5, 0.6) is 0 Å². The Bertz CT molecular complexity index is 1310. The average Bonchev–Trinajstić information content (AvgIpc) is 2.93. The van der Waals surface area contributed by atoms with Gasteiger partial charge in [0.25, 0.3) is 0 Å². The lowest BCUT2D eigenvalue weighted by Crippen LogP contribution is -2.54. The number of rotatable bonds is 7. The molecule has 0 bridgehead atoms. The summed E-state index contributed by atoms with van der Waals surface area (Å²) in [6.07, 6.45) is -4.46. The quantitative estimate of drug-likeness (QED) is 0.435. The fraction of sp³-hybridized carbons (Fsp3) is 0.393. The van der Waals surface area contributed by atoms with Crippen LogP contribution in [0.3, 0.4) is 0 Å². The largest absolute Gasteiger partial charge is 0.463 e. The molecule has 13 heteroatoms. The average molecular weight is 594 g/mol. The number of hydrogen-bond donors (Lipinski definition) is 2. The third-order valence-electron chi connectivity index (χ3n) is 6.93. The summed E-state index contributed by atoms with van der Waals surface area (Å²) in [5.74, 6) is -0.541. The van der Waals surface area contributed by atoms with Crippen molar-refractivity contribution >= 4 is 35.3 Å². The van der Waals surface area contributed by atoms with Crippen molar-refractivity contribution in [2.75, 3.05) is 51.2 Å². The summed E-state index contributed by atoms with van der Waals surface area (Å²) < 4.78 is 43.8. The molecule has 1 saturated heterocycles. The number of nitrogens with one attached hydrogen (secondary N) is 2. The maximum Gasteiger partial charge on any atom is 0.416 e. The van der Waals surface area contributed by atoms with Crippen molar-refractivity contribution in [1.29, 1.82) is 0 Å². The molecule has 0 radical (unpaired) electrons. The van der Waals surface area contributed by atoms with E-state index >= 15 is 0 Å².